The maximum absolute atomic E-state index is 14.1. The van der Waals surface area contributed by atoms with E-state index in [4.69, 9.17) is 5.41 Å². The van der Waals surface area contributed by atoms with Crippen molar-refractivity contribution in [3.63, 3.8) is 0 Å². The number of carbonyl (C=O) groups is 1. The van der Waals surface area contributed by atoms with Crippen LogP contribution >= 0.6 is 0 Å². The van der Waals surface area contributed by atoms with Gasteiger partial charge in [-0.3, -0.25) is 4.79 Å². The average Bonchev–Trinajstić information content (AvgIpc) is 2.79. The van der Waals surface area contributed by atoms with Crippen LogP contribution in [-0.4, -0.2) is 16.6 Å². The third-order valence-corrected chi connectivity index (χ3v) is 4.71. The summed E-state index contributed by atoms with van der Waals surface area (Å²) in [4.78, 5) is 16.2. The van der Waals surface area contributed by atoms with Crippen LogP contribution in [-0.2, 0) is 23.6 Å². The molecule has 2 N–H and O–H groups in total. The van der Waals surface area contributed by atoms with Gasteiger partial charge in [-0.05, 0) is 42.7 Å². The van der Waals surface area contributed by atoms with E-state index in [0.29, 0.717) is 12.1 Å². The molecule has 1 heterocycles. The second-order valence-corrected chi connectivity index (χ2v) is 6.82. The fourth-order valence-electron chi connectivity index (χ4n) is 3.29. The molecule has 0 spiro atoms. The summed E-state index contributed by atoms with van der Waals surface area (Å²) >= 11 is 0. The lowest BCUT2D eigenvalue weighted by Gasteiger charge is -2.19. The summed E-state index contributed by atoms with van der Waals surface area (Å²) in [6.45, 7) is 0. The molecule has 1 aromatic heterocycles. The third kappa shape index (κ3) is 4.60. The van der Waals surface area contributed by atoms with Crippen LogP contribution in [0.5, 0.6) is 0 Å². The molecule has 1 aromatic carbocycles. The van der Waals surface area contributed by atoms with Gasteiger partial charge in [-0.2, -0.15) is 30.7 Å². The molecule has 4 nitrogen and oxygen atoms in total. The fraction of sp³-hybridized carbons (Fsp3) is 0.316. The highest BCUT2D eigenvalue weighted by atomic mass is 19.4. The minimum Gasteiger partial charge on any atom is -0.326 e. The molecule has 0 saturated heterocycles. The molecule has 1 aliphatic carbocycles. The van der Waals surface area contributed by atoms with Crippen LogP contribution < -0.4 is 5.32 Å². The second kappa shape index (κ2) is 7.69. The first-order valence-electron chi connectivity index (χ1n) is 8.66. The highest BCUT2D eigenvalue weighted by Crippen LogP contribution is 2.38. The number of nitrogens with one attached hydrogen (secondary N) is 2. The molecule has 3 rings (SSSR count). The maximum atomic E-state index is 14.1. The van der Waals surface area contributed by atoms with E-state index in [9.17, 15) is 35.5 Å². The van der Waals surface area contributed by atoms with Gasteiger partial charge >= 0.3 is 12.4 Å². The smallest absolute Gasteiger partial charge is 0.326 e. The van der Waals surface area contributed by atoms with E-state index in [1.54, 1.807) is 0 Å². The number of hydrogen-bond donors (Lipinski definition) is 2. The van der Waals surface area contributed by atoms with Crippen LogP contribution in [0.2, 0.25) is 0 Å². The average molecular weight is 433 g/mol. The van der Waals surface area contributed by atoms with E-state index in [1.165, 1.54) is 6.07 Å². The molecule has 160 valence electrons. The molecule has 0 fully saturated rings. The number of rotatable bonds is 2. The Balaban J connectivity index is 1.98. The zero-order chi connectivity index (χ0) is 22.3. The van der Waals surface area contributed by atoms with Gasteiger partial charge in [0.1, 0.15) is 0 Å². The van der Waals surface area contributed by atoms with Gasteiger partial charge in [0.2, 0.25) is 11.9 Å². The van der Waals surface area contributed by atoms with Gasteiger partial charge in [0, 0.05) is 29.6 Å². The molecule has 1 unspecified atom stereocenters. The third-order valence-electron chi connectivity index (χ3n) is 4.71. The molecule has 1 amide bonds. The van der Waals surface area contributed by atoms with Crippen molar-refractivity contribution in [2.75, 3.05) is 5.32 Å². The Morgan fingerprint density at radius 1 is 1.07 bits per heavy atom. The van der Waals surface area contributed by atoms with Crippen LogP contribution in [0.25, 0.3) is 0 Å². The SMILES string of the molecule is N=C1CCC(C(=O)Nc2cc(C(F)(F)F)cc(C(F)(F)F)c2)c2ccnc(F)c2C1. The van der Waals surface area contributed by atoms with Crippen LogP contribution in [0, 0.1) is 11.4 Å². The first-order chi connectivity index (χ1) is 13.9. The number of amides is 1. The summed E-state index contributed by atoms with van der Waals surface area (Å²) in [6, 6.07) is 2.12. The van der Waals surface area contributed by atoms with Crippen molar-refractivity contribution in [1.82, 2.24) is 4.98 Å². The van der Waals surface area contributed by atoms with Gasteiger partial charge in [0.25, 0.3) is 0 Å². The number of hydrogen-bond acceptors (Lipinski definition) is 3. The number of halogens is 7. The predicted molar refractivity (Wildman–Crippen MR) is 92.7 cm³/mol. The van der Waals surface area contributed by atoms with E-state index in [2.05, 4.69) is 10.3 Å². The first kappa shape index (κ1) is 21.7. The summed E-state index contributed by atoms with van der Waals surface area (Å²) in [7, 11) is 0. The molecule has 2 aromatic rings. The minimum absolute atomic E-state index is 0.0140. The first-order valence-corrected chi connectivity index (χ1v) is 8.66. The number of fused-ring (bicyclic) bond motifs is 1. The Morgan fingerprint density at radius 3 is 2.23 bits per heavy atom. The standard InChI is InChI=1S/C19H14F7N3O/c20-16-15-8-11(27)1-2-14(13(15)3-4-28-16)17(30)29-12-6-9(18(21,22)23)5-10(7-12)19(24,25)26/h3-7,14,27H,1-2,8H2,(H,29,30). The van der Waals surface area contributed by atoms with Gasteiger partial charge < -0.3 is 10.7 Å². The Morgan fingerprint density at radius 2 is 1.67 bits per heavy atom. The van der Waals surface area contributed by atoms with E-state index >= 15 is 0 Å². The Labute approximate surface area is 165 Å². The monoisotopic (exact) mass is 433 g/mol. The largest absolute Gasteiger partial charge is 0.416 e. The van der Waals surface area contributed by atoms with Crippen LogP contribution in [0.4, 0.5) is 36.4 Å². The number of carbonyl (C=O) groups excluding carboxylic acids is 1. The molecular formula is C19H14F7N3O. The van der Waals surface area contributed by atoms with E-state index in [1.807, 2.05) is 0 Å². The lowest BCUT2D eigenvalue weighted by Crippen LogP contribution is -2.23. The summed E-state index contributed by atoms with van der Waals surface area (Å²) < 4.78 is 92.2. The van der Waals surface area contributed by atoms with Crippen LogP contribution in [0.3, 0.4) is 0 Å². The Hall–Kier alpha value is -2.98. The van der Waals surface area contributed by atoms with Gasteiger partial charge in [-0.15, -0.1) is 0 Å². The minimum atomic E-state index is -5.06. The van der Waals surface area contributed by atoms with Crippen LogP contribution in [0.1, 0.15) is 41.0 Å². The van der Waals surface area contributed by atoms with E-state index in [0.717, 1.165) is 6.20 Å². The maximum Gasteiger partial charge on any atom is 0.416 e. The normalized spacial score (nSPS) is 17.3. The van der Waals surface area contributed by atoms with E-state index < -0.39 is 46.9 Å². The van der Waals surface area contributed by atoms with Crippen molar-refractivity contribution in [2.24, 2.45) is 0 Å². The number of anilines is 1. The zero-order valence-corrected chi connectivity index (χ0v) is 15.1. The van der Waals surface area contributed by atoms with E-state index in [-0.39, 0.29) is 42.2 Å². The molecule has 0 aliphatic heterocycles. The summed E-state index contributed by atoms with van der Waals surface area (Å²) in [5.41, 5.74) is -3.46. The molecule has 0 saturated carbocycles. The van der Waals surface area contributed by atoms with Gasteiger partial charge in [0.05, 0.1) is 17.0 Å². The molecular weight excluding hydrogens is 419 g/mol. The number of nitrogens with zero attached hydrogens (tertiary/aromatic N) is 1. The van der Waals surface area contributed by atoms with Crippen molar-refractivity contribution in [3.8, 4) is 0 Å². The molecule has 0 bridgehead atoms. The highest BCUT2D eigenvalue weighted by Gasteiger charge is 2.37. The van der Waals surface area contributed by atoms with Gasteiger partial charge in [-0.25, -0.2) is 4.98 Å². The van der Waals surface area contributed by atoms with Crippen LogP contribution in [0.15, 0.2) is 30.5 Å². The second-order valence-electron chi connectivity index (χ2n) is 6.82. The number of aromatic nitrogens is 1. The lowest BCUT2D eigenvalue weighted by molar-refractivity contribution is -0.143. The van der Waals surface area contributed by atoms with Crippen molar-refractivity contribution >= 4 is 17.3 Å². The summed E-state index contributed by atoms with van der Waals surface area (Å²) in [5.74, 6) is -2.84. The van der Waals surface area contributed by atoms with Crippen molar-refractivity contribution in [2.45, 2.75) is 37.5 Å². The molecule has 30 heavy (non-hydrogen) atoms. The summed E-state index contributed by atoms with van der Waals surface area (Å²) in [5, 5.41) is 9.91. The summed E-state index contributed by atoms with van der Waals surface area (Å²) in [6.07, 6.45) is -8.93. The van der Waals surface area contributed by atoms with Crippen molar-refractivity contribution < 1.29 is 35.5 Å². The van der Waals surface area contributed by atoms with Gasteiger partial charge in [-0.1, -0.05) is 0 Å². The highest BCUT2D eigenvalue weighted by molar-refractivity contribution is 5.97. The van der Waals surface area contributed by atoms with Gasteiger partial charge in [0.15, 0.2) is 0 Å². The molecule has 1 atom stereocenters. The quantitative estimate of drug-likeness (QED) is 0.382. The Kier molecular flexibility index (Phi) is 5.57. The topological polar surface area (TPSA) is 65.8 Å². The van der Waals surface area contributed by atoms with Crippen molar-refractivity contribution in [1.29, 1.82) is 5.41 Å². The Bertz CT molecular complexity index is 966. The predicted octanol–water partition coefficient (Wildman–Crippen LogP) is 5.34. The fourth-order valence-corrected chi connectivity index (χ4v) is 3.29. The molecule has 11 heteroatoms. The number of pyridine rings is 1. The lowest BCUT2D eigenvalue weighted by atomic mass is 9.92. The number of benzene rings is 1. The molecule has 1 aliphatic rings. The number of alkyl halides is 6. The zero-order valence-electron chi connectivity index (χ0n) is 15.1. The molecule has 0 radical (unpaired) electrons. The van der Waals surface area contributed by atoms with Crippen molar-refractivity contribution in [3.05, 3.63) is 58.7 Å².